The lowest BCUT2D eigenvalue weighted by atomic mass is 10.2. The molecule has 3 aromatic rings. The van der Waals surface area contributed by atoms with Gasteiger partial charge in [-0.1, -0.05) is 18.2 Å². The maximum atomic E-state index is 13.7. The monoisotopic (exact) mass is 417 g/mol. The van der Waals surface area contributed by atoms with Crippen LogP contribution in [0.1, 0.15) is 28.5 Å². The molecule has 1 N–H and O–H groups in total. The number of alkyl halides is 3. The summed E-state index contributed by atoms with van der Waals surface area (Å²) in [6.45, 7) is 5.30. The second-order valence-corrected chi connectivity index (χ2v) is 6.68. The number of hydrogen-bond donors (Lipinski definition) is 1. The molecule has 0 unspecified atom stereocenters. The first-order valence-electron chi connectivity index (χ1n) is 9.47. The molecule has 0 aliphatic rings. The lowest BCUT2D eigenvalue weighted by Crippen LogP contribution is -2.35. The minimum atomic E-state index is -4.77. The molecule has 3 rings (SSSR count). The first-order chi connectivity index (χ1) is 14.3. The fourth-order valence-corrected chi connectivity index (χ4v) is 3.13. The van der Waals surface area contributed by atoms with E-state index < -0.39 is 23.3 Å². The number of carbonyl (C=O) groups excluding carboxylic acids is 1. The van der Waals surface area contributed by atoms with Crippen LogP contribution in [0.15, 0.2) is 54.9 Å². The van der Waals surface area contributed by atoms with E-state index in [0.29, 0.717) is 17.8 Å². The highest BCUT2D eigenvalue weighted by molar-refractivity contribution is 5.95. The summed E-state index contributed by atoms with van der Waals surface area (Å²) in [4.78, 5) is 18.4. The summed E-state index contributed by atoms with van der Waals surface area (Å²) in [7, 11) is 0. The van der Waals surface area contributed by atoms with E-state index in [1.807, 2.05) is 43.0 Å². The number of rotatable bonds is 7. The van der Waals surface area contributed by atoms with Crippen LogP contribution < -0.4 is 10.2 Å². The fraction of sp³-hybridized carbons (Fsp3) is 0.286. The van der Waals surface area contributed by atoms with Crippen LogP contribution in [0, 0.1) is 6.92 Å². The van der Waals surface area contributed by atoms with Crippen molar-refractivity contribution in [3.05, 3.63) is 71.7 Å². The highest BCUT2D eigenvalue weighted by atomic mass is 19.4. The van der Waals surface area contributed by atoms with Gasteiger partial charge in [0.15, 0.2) is 11.5 Å². The van der Waals surface area contributed by atoms with Gasteiger partial charge in [0.1, 0.15) is 0 Å². The third-order valence-corrected chi connectivity index (χ3v) is 4.56. The van der Waals surface area contributed by atoms with E-state index in [1.54, 1.807) is 12.1 Å². The molecule has 0 spiro atoms. The third kappa shape index (κ3) is 4.79. The average molecular weight is 417 g/mol. The summed E-state index contributed by atoms with van der Waals surface area (Å²) in [5.41, 5.74) is 0.411. The van der Waals surface area contributed by atoms with Crippen LogP contribution in [0.4, 0.5) is 18.9 Å². The molecule has 9 heteroatoms. The first-order valence-corrected chi connectivity index (χ1v) is 9.47. The molecule has 0 bridgehead atoms. The Hall–Kier alpha value is -3.36. The third-order valence-electron chi connectivity index (χ3n) is 4.56. The van der Waals surface area contributed by atoms with Gasteiger partial charge in [0.05, 0.1) is 11.8 Å². The van der Waals surface area contributed by atoms with Gasteiger partial charge in [0.2, 0.25) is 0 Å². The van der Waals surface area contributed by atoms with Crippen LogP contribution in [-0.4, -0.2) is 40.3 Å². The van der Waals surface area contributed by atoms with Gasteiger partial charge in [-0.05, 0) is 43.7 Å². The number of anilines is 1. The number of hydrogen-bond acceptors (Lipinski definition) is 4. The number of carbonyl (C=O) groups is 1. The molecule has 0 atom stereocenters. The molecule has 0 fully saturated rings. The molecule has 2 aromatic heterocycles. The molecule has 30 heavy (non-hydrogen) atoms. The van der Waals surface area contributed by atoms with Gasteiger partial charge in [-0.2, -0.15) is 18.3 Å². The van der Waals surface area contributed by atoms with Crippen molar-refractivity contribution in [3.8, 4) is 5.82 Å². The standard InChI is InChI=1S/C21H22F3N5O/c1-3-28(16-8-6-7-15(2)13-16)12-11-26-20(30)17-14-27-29(19(17)21(22,23)24)18-9-4-5-10-25-18/h4-10,13-14H,3,11-12H2,1-2H3,(H,26,30). The number of nitrogens with one attached hydrogen (secondary N) is 1. The van der Waals surface area contributed by atoms with Gasteiger partial charge < -0.3 is 10.2 Å². The Morgan fingerprint density at radius 3 is 2.63 bits per heavy atom. The van der Waals surface area contributed by atoms with Crippen molar-refractivity contribution in [2.75, 3.05) is 24.5 Å². The molecular formula is C21H22F3N5O. The number of benzene rings is 1. The molecular weight excluding hydrogens is 395 g/mol. The smallest absolute Gasteiger partial charge is 0.370 e. The summed E-state index contributed by atoms with van der Waals surface area (Å²) in [6.07, 6.45) is -2.48. The van der Waals surface area contributed by atoms with Crippen LogP contribution in [0.2, 0.25) is 0 Å². The average Bonchev–Trinajstić information content (AvgIpc) is 3.18. The number of pyridine rings is 1. The van der Waals surface area contributed by atoms with Crippen molar-refractivity contribution in [3.63, 3.8) is 0 Å². The van der Waals surface area contributed by atoms with Crippen molar-refractivity contribution in [2.24, 2.45) is 0 Å². The van der Waals surface area contributed by atoms with Gasteiger partial charge in [-0.15, -0.1) is 0 Å². The Kier molecular flexibility index (Phi) is 6.39. The van der Waals surface area contributed by atoms with E-state index in [-0.39, 0.29) is 12.4 Å². The predicted molar refractivity (Wildman–Crippen MR) is 108 cm³/mol. The largest absolute Gasteiger partial charge is 0.434 e. The van der Waals surface area contributed by atoms with Crippen molar-refractivity contribution in [1.82, 2.24) is 20.1 Å². The van der Waals surface area contributed by atoms with Crippen LogP contribution in [0.5, 0.6) is 0 Å². The number of likely N-dealkylation sites (N-methyl/N-ethyl adjacent to an activating group) is 1. The van der Waals surface area contributed by atoms with Crippen molar-refractivity contribution in [2.45, 2.75) is 20.0 Å². The topological polar surface area (TPSA) is 63.1 Å². The lowest BCUT2D eigenvalue weighted by molar-refractivity contribution is -0.143. The minimum Gasteiger partial charge on any atom is -0.370 e. The zero-order valence-corrected chi connectivity index (χ0v) is 16.6. The molecule has 0 radical (unpaired) electrons. The SMILES string of the molecule is CCN(CCNC(=O)c1cnn(-c2ccccn2)c1C(F)(F)F)c1cccc(C)c1. The van der Waals surface area contributed by atoms with Gasteiger partial charge in [0, 0.05) is 31.5 Å². The van der Waals surface area contributed by atoms with Gasteiger partial charge >= 0.3 is 6.18 Å². The molecule has 6 nitrogen and oxygen atoms in total. The molecule has 1 aromatic carbocycles. The second-order valence-electron chi connectivity index (χ2n) is 6.68. The van der Waals surface area contributed by atoms with E-state index >= 15 is 0 Å². The lowest BCUT2D eigenvalue weighted by Gasteiger charge is -2.23. The van der Waals surface area contributed by atoms with Crippen LogP contribution in [0.3, 0.4) is 0 Å². The molecule has 0 aliphatic carbocycles. The number of aromatic nitrogens is 3. The highest BCUT2D eigenvalue weighted by Gasteiger charge is 2.40. The normalized spacial score (nSPS) is 11.4. The number of nitrogens with zero attached hydrogens (tertiary/aromatic N) is 4. The van der Waals surface area contributed by atoms with Crippen molar-refractivity contribution >= 4 is 11.6 Å². The summed E-state index contributed by atoms with van der Waals surface area (Å²) in [5, 5.41) is 6.32. The fourth-order valence-electron chi connectivity index (χ4n) is 3.13. The van der Waals surface area contributed by atoms with Gasteiger partial charge in [-0.3, -0.25) is 4.79 Å². The predicted octanol–water partition coefficient (Wildman–Crippen LogP) is 3.85. The van der Waals surface area contributed by atoms with E-state index in [2.05, 4.69) is 15.4 Å². The Bertz CT molecular complexity index is 1000. The molecule has 0 saturated carbocycles. The summed E-state index contributed by atoms with van der Waals surface area (Å²) >= 11 is 0. The summed E-state index contributed by atoms with van der Waals surface area (Å²) in [5.74, 6) is -0.842. The molecule has 0 saturated heterocycles. The number of halogens is 3. The molecule has 2 heterocycles. The zero-order valence-electron chi connectivity index (χ0n) is 16.6. The molecule has 1 amide bonds. The molecule has 0 aliphatic heterocycles. The summed E-state index contributed by atoms with van der Waals surface area (Å²) < 4.78 is 41.7. The van der Waals surface area contributed by atoms with Gasteiger partial charge in [-0.25, -0.2) is 9.67 Å². The molecule has 158 valence electrons. The van der Waals surface area contributed by atoms with Crippen LogP contribution >= 0.6 is 0 Å². The maximum Gasteiger partial charge on any atom is 0.434 e. The second kappa shape index (κ2) is 8.98. The Balaban J connectivity index is 1.75. The Labute approximate surface area is 172 Å². The van der Waals surface area contributed by atoms with Crippen LogP contribution in [-0.2, 0) is 6.18 Å². The highest BCUT2D eigenvalue weighted by Crippen LogP contribution is 2.33. The van der Waals surface area contributed by atoms with Crippen molar-refractivity contribution in [1.29, 1.82) is 0 Å². The minimum absolute atomic E-state index is 0.0134. The quantitative estimate of drug-likeness (QED) is 0.634. The van der Waals surface area contributed by atoms with Crippen LogP contribution in [0.25, 0.3) is 5.82 Å². The van der Waals surface area contributed by atoms with E-state index in [0.717, 1.165) is 17.4 Å². The summed E-state index contributed by atoms with van der Waals surface area (Å²) in [6, 6.07) is 12.4. The van der Waals surface area contributed by atoms with E-state index in [4.69, 9.17) is 0 Å². The zero-order chi connectivity index (χ0) is 21.7. The van der Waals surface area contributed by atoms with Gasteiger partial charge in [0.25, 0.3) is 5.91 Å². The van der Waals surface area contributed by atoms with E-state index in [9.17, 15) is 18.0 Å². The maximum absolute atomic E-state index is 13.7. The number of amides is 1. The van der Waals surface area contributed by atoms with E-state index in [1.165, 1.54) is 12.3 Å². The number of aryl methyl sites for hydroxylation is 1. The first kappa shape index (κ1) is 21.4. The Morgan fingerprint density at radius 2 is 2.00 bits per heavy atom. The Morgan fingerprint density at radius 1 is 1.20 bits per heavy atom. The van der Waals surface area contributed by atoms with Crippen molar-refractivity contribution < 1.29 is 18.0 Å².